The first kappa shape index (κ1) is 14.9. The minimum atomic E-state index is -3.80. The minimum Gasteiger partial charge on any atom is -0.479 e. The van der Waals surface area contributed by atoms with Crippen LogP contribution in [0.2, 0.25) is 5.02 Å². The van der Waals surface area contributed by atoms with Crippen LogP contribution in [0.5, 0.6) is 0 Å². The molecule has 100 valence electrons. The third kappa shape index (κ3) is 3.95. The van der Waals surface area contributed by atoms with Gasteiger partial charge in [0.05, 0.1) is 4.90 Å². The second-order valence-corrected chi connectivity index (χ2v) is 5.58. The average molecular weight is 294 g/mol. The van der Waals surface area contributed by atoms with Gasteiger partial charge in [0.25, 0.3) is 0 Å². The molecule has 0 fully saturated rings. The van der Waals surface area contributed by atoms with Gasteiger partial charge in [0.1, 0.15) is 0 Å². The van der Waals surface area contributed by atoms with E-state index in [1.165, 1.54) is 31.4 Å². The van der Waals surface area contributed by atoms with E-state index >= 15 is 0 Å². The van der Waals surface area contributed by atoms with E-state index < -0.39 is 22.1 Å². The van der Waals surface area contributed by atoms with E-state index in [-0.39, 0.29) is 16.5 Å². The maximum atomic E-state index is 11.8. The Hall–Kier alpha value is -1.15. The Morgan fingerprint density at radius 3 is 2.72 bits per heavy atom. The van der Waals surface area contributed by atoms with Gasteiger partial charge in [0.15, 0.2) is 6.10 Å². The number of rotatable bonds is 6. The summed E-state index contributed by atoms with van der Waals surface area (Å²) in [6.45, 7) is -0.360. The molecular formula is C10H12ClNO5S. The number of sulfonamides is 1. The molecule has 1 unspecified atom stereocenters. The average Bonchev–Trinajstić information content (AvgIpc) is 2.29. The first-order valence-electron chi connectivity index (χ1n) is 4.87. The highest BCUT2D eigenvalue weighted by Crippen LogP contribution is 2.15. The van der Waals surface area contributed by atoms with E-state index in [1.807, 2.05) is 0 Å². The highest BCUT2D eigenvalue weighted by molar-refractivity contribution is 7.89. The van der Waals surface area contributed by atoms with Gasteiger partial charge in [-0.2, -0.15) is 0 Å². The zero-order chi connectivity index (χ0) is 13.8. The maximum Gasteiger partial charge on any atom is 0.334 e. The van der Waals surface area contributed by atoms with Gasteiger partial charge in [-0.1, -0.05) is 17.7 Å². The number of carbonyl (C=O) groups is 1. The number of carboxylic acid groups (broad SMARTS) is 1. The predicted octanol–water partition coefficient (Wildman–Crippen LogP) is 0.718. The Kier molecular flexibility index (Phi) is 5.09. The molecule has 1 aromatic carbocycles. The third-order valence-electron chi connectivity index (χ3n) is 2.13. The van der Waals surface area contributed by atoms with E-state index in [2.05, 4.69) is 9.46 Å². The Bertz CT molecular complexity index is 531. The highest BCUT2D eigenvalue weighted by atomic mass is 35.5. The number of hydrogen-bond acceptors (Lipinski definition) is 4. The molecular weight excluding hydrogens is 282 g/mol. The Labute approximate surface area is 110 Å². The summed E-state index contributed by atoms with van der Waals surface area (Å²) in [5, 5.41) is 8.98. The first-order chi connectivity index (χ1) is 8.36. The molecule has 1 rings (SSSR count). The van der Waals surface area contributed by atoms with E-state index in [1.54, 1.807) is 0 Å². The van der Waals surface area contributed by atoms with Gasteiger partial charge >= 0.3 is 5.97 Å². The van der Waals surface area contributed by atoms with Crippen molar-refractivity contribution in [1.29, 1.82) is 0 Å². The lowest BCUT2D eigenvalue weighted by Gasteiger charge is -2.12. The summed E-state index contributed by atoms with van der Waals surface area (Å²) in [6.07, 6.45) is -1.24. The molecule has 0 aromatic heterocycles. The van der Waals surface area contributed by atoms with Crippen molar-refractivity contribution >= 4 is 27.6 Å². The van der Waals surface area contributed by atoms with Gasteiger partial charge in [-0.15, -0.1) is 0 Å². The molecule has 0 saturated heterocycles. The fraction of sp³-hybridized carbons (Fsp3) is 0.300. The molecule has 0 aliphatic rings. The molecule has 0 aliphatic carbocycles. The van der Waals surface area contributed by atoms with Crippen LogP contribution in [-0.4, -0.2) is 39.3 Å². The van der Waals surface area contributed by atoms with Gasteiger partial charge in [0, 0.05) is 18.7 Å². The molecule has 1 aromatic rings. The molecule has 0 saturated carbocycles. The summed E-state index contributed by atoms with van der Waals surface area (Å²) in [6, 6.07) is 5.65. The smallest absolute Gasteiger partial charge is 0.334 e. The molecule has 1 atom stereocenters. The number of halogens is 1. The van der Waals surface area contributed by atoms with Crippen molar-refractivity contribution in [3.8, 4) is 0 Å². The van der Waals surface area contributed by atoms with Crippen molar-refractivity contribution in [3.05, 3.63) is 29.3 Å². The molecule has 0 aliphatic heterocycles. The second kappa shape index (κ2) is 6.14. The minimum absolute atomic E-state index is 0.0322. The molecule has 0 amide bonds. The summed E-state index contributed by atoms with van der Waals surface area (Å²) >= 11 is 5.68. The van der Waals surface area contributed by atoms with Gasteiger partial charge in [-0.25, -0.2) is 17.9 Å². The summed E-state index contributed by atoms with van der Waals surface area (Å²) in [5.41, 5.74) is 0. The van der Waals surface area contributed by atoms with E-state index in [9.17, 15) is 13.2 Å². The van der Waals surface area contributed by atoms with E-state index in [4.69, 9.17) is 16.7 Å². The molecule has 2 N–H and O–H groups in total. The number of hydrogen-bond donors (Lipinski definition) is 2. The van der Waals surface area contributed by atoms with Gasteiger partial charge in [-0.3, -0.25) is 0 Å². The van der Waals surface area contributed by atoms with Crippen LogP contribution < -0.4 is 4.72 Å². The van der Waals surface area contributed by atoms with E-state index in [0.29, 0.717) is 0 Å². The zero-order valence-electron chi connectivity index (χ0n) is 9.46. The fourth-order valence-corrected chi connectivity index (χ4v) is 2.51. The van der Waals surface area contributed by atoms with Crippen molar-refractivity contribution in [2.75, 3.05) is 13.7 Å². The quantitative estimate of drug-likeness (QED) is 0.806. The fourth-order valence-electron chi connectivity index (χ4n) is 1.17. The van der Waals surface area contributed by atoms with Gasteiger partial charge < -0.3 is 9.84 Å². The summed E-state index contributed by atoms with van der Waals surface area (Å²) in [7, 11) is -2.61. The number of ether oxygens (including phenoxy) is 1. The monoisotopic (exact) mass is 293 g/mol. The van der Waals surface area contributed by atoms with Crippen LogP contribution in [0, 0.1) is 0 Å². The van der Waals surface area contributed by atoms with Crippen LogP contribution in [0.15, 0.2) is 29.2 Å². The summed E-state index contributed by atoms with van der Waals surface area (Å²) in [5.74, 6) is -1.24. The van der Waals surface area contributed by atoms with Gasteiger partial charge in [0.2, 0.25) is 10.0 Å². The Morgan fingerprint density at radius 1 is 1.56 bits per heavy atom. The van der Waals surface area contributed by atoms with Gasteiger partial charge in [-0.05, 0) is 18.2 Å². The normalized spacial score (nSPS) is 13.2. The maximum absolute atomic E-state index is 11.8. The van der Waals surface area contributed by atoms with E-state index in [0.717, 1.165) is 0 Å². The molecule has 0 heterocycles. The van der Waals surface area contributed by atoms with Crippen molar-refractivity contribution in [2.24, 2.45) is 0 Å². The summed E-state index contributed by atoms with van der Waals surface area (Å²) in [4.78, 5) is 10.6. The topological polar surface area (TPSA) is 92.7 Å². The lowest BCUT2D eigenvalue weighted by Crippen LogP contribution is -2.37. The standard InChI is InChI=1S/C10H12ClNO5S/c1-17-9(10(13)14)6-12-18(15,16)8-4-2-3-7(11)5-8/h2-5,9,12H,6H2,1H3,(H,13,14). The zero-order valence-corrected chi connectivity index (χ0v) is 11.0. The second-order valence-electron chi connectivity index (χ2n) is 3.37. The third-order valence-corrected chi connectivity index (χ3v) is 3.78. The van der Waals surface area contributed by atoms with Crippen LogP contribution >= 0.6 is 11.6 Å². The first-order valence-corrected chi connectivity index (χ1v) is 6.74. The van der Waals surface area contributed by atoms with Crippen molar-refractivity contribution in [1.82, 2.24) is 4.72 Å². The summed E-state index contributed by atoms with van der Waals surface area (Å²) < 4.78 is 30.4. The van der Waals surface area contributed by atoms with Crippen molar-refractivity contribution in [2.45, 2.75) is 11.0 Å². The SMILES string of the molecule is COC(CNS(=O)(=O)c1cccc(Cl)c1)C(=O)O. The van der Waals surface area contributed by atoms with Crippen LogP contribution in [0.3, 0.4) is 0 Å². The number of methoxy groups -OCH3 is 1. The molecule has 0 spiro atoms. The van der Waals surface area contributed by atoms with Crippen molar-refractivity contribution < 1.29 is 23.1 Å². The highest BCUT2D eigenvalue weighted by Gasteiger charge is 2.21. The Morgan fingerprint density at radius 2 is 2.22 bits per heavy atom. The molecule has 8 heteroatoms. The number of aliphatic carboxylic acids is 1. The lowest BCUT2D eigenvalue weighted by atomic mass is 10.4. The Balaban J connectivity index is 2.80. The molecule has 6 nitrogen and oxygen atoms in total. The number of carboxylic acids is 1. The van der Waals surface area contributed by atoms with Crippen molar-refractivity contribution in [3.63, 3.8) is 0 Å². The predicted molar refractivity (Wildman–Crippen MR) is 65.1 cm³/mol. The number of nitrogens with one attached hydrogen (secondary N) is 1. The number of benzene rings is 1. The van der Waals surface area contributed by atoms with Crippen LogP contribution in [0.1, 0.15) is 0 Å². The largest absolute Gasteiger partial charge is 0.479 e. The molecule has 0 radical (unpaired) electrons. The molecule has 0 bridgehead atoms. The lowest BCUT2D eigenvalue weighted by molar-refractivity contribution is -0.147. The van der Waals surface area contributed by atoms with Crippen LogP contribution in [0.25, 0.3) is 0 Å². The van der Waals surface area contributed by atoms with Crippen LogP contribution in [-0.2, 0) is 19.6 Å². The molecule has 18 heavy (non-hydrogen) atoms. The van der Waals surface area contributed by atoms with Crippen LogP contribution in [0.4, 0.5) is 0 Å².